The number of nitrogens with two attached hydrogens (primary N) is 1. The van der Waals surface area contributed by atoms with Crippen LogP contribution in [0.3, 0.4) is 0 Å². The minimum absolute atomic E-state index is 0.0428. The topological polar surface area (TPSA) is 73.6 Å². The summed E-state index contributed by atoms with van der Waals surface area (Å²) >= 11 is 0. The molecule has 1 atom stereocenters. The molecule has 0 aliphatic carbocycles. The molecule has 3 N–H and O–H groups in total. The summed E-state index contributed by atoms with van der Waals surface area (Å²) in [4.78, 5) is 11.9. The molecule has 1 heterocycles. The maximum absolute atomic E-state index is 11.9. The van der Waals surface area contributed by atoms with Gasteiger partial charge in [0.1, 0.15) is 5.75 Å². The van der Waals surface area contributed by atoms with Crippen LogP contribution in [0.2, 0.25) is 0 Å². The van der Waals surface area contributed by atoms with E-state index >= 15 is 0 Å². The third-order valence-electron chi connectivity index (χ3n) is 3.20. The van der Waals surface area contributed by atoms with Crippen molar-refractivity contribution in [1.29, 1.82) is 0 Å². The average Bonchev–Trinajstić information content (AvgIpc) is 2.42. The smallest absolute Gasteiger partial charge is 0.226 e. The molecule has 5 nitrogen and oxygen atoms in total. The molecule has 1 aromatic rings. The van der Waals surface area contributed by atoms with E-state index in [0.29, 0.717) is 23.5 Å². The van der Waals surface area contributed by atoms with Gasteiger partial charge >= 0.3 is 0 Å². The first-order valence-corrected chi connectivity index (χ1v) is 6.54. The Morgan fingerprint density at radius 1 is 1.53 bits per heavy atom. The molecule has 0 saturated carbocycles. The Kier molecular flexibility index (Phi) is 4.63. The lowest BCUT2D eigenvalue weighted by Gasteiger charge is -2.22. The normalized spacial score (nSPS) is 18.9. The maximum atomic E-state index is 11.9. The van der Waals surface area contributed by atoms with E-state index in [0.717, 1.165) is 25.9 Å². The molecule has 104 valence electrons. The number of carbonyl (C=O) groups excluding carboxylic acids is 1. The van der Waals surface area contributed by atoms with Gasteiger partial charge in [-0.05, 0) is 31.4 Å². The van der Waals surface area contributed by atoms with Crippen LogP contribution < -0.4 is 15.8 Å². The summed E-state index contributed by atoms with van der Waals surface area (Å²) in [5.41, 5.74) is 6.96. The van der Waals surface area contributed by atoms with Crippen molar-refractivity contribution in [3.63, 3.8) is 0 Å². The molecule has 1 amide bonds. The van der Waals surface area contributed by atoms with Crippen LogP contribution >= 0.6 is 0 Å². The monoisotopic (exact) mass is 264 g/mol. The van der Waals surface area contributed by atoms with Gasteiger partial charge in [-0.3, -0.25) is 4.79 Å². The molecule has 1 unspecified atom stereocenters. The maximum Gasteiger partial charge on any atom is 0.226 e. The number of nitrogens with one attached hydrogen (secondary N) is 1. The first-order valence-electron chi connectivity index (χ1n) is 6.54. The Labute approximate surface area is 113 Å². The van der Waals surface area contributed by atoms with E-state index in [1.807, 2.05) is 0 Å². The third-order valence-corrected chi connectivity index (χ3v) is 3.20. The Hall–Kier alpha value is -1.75. The van der Waals surface area contributed by atoms with E-state index in [1.54, 1.807) is 25.3 Å². The molecule has 0 radical (unpaired) electrons. The Balaban J connectivity index is 1.90. The second kappa shape index (κ2) is 6.43. The highest BCUT2D eigenvalue weighted by Crippen LogP contribution is 2.25. The van der Waals surface area contributed by atoms with E-state index in [4.69, 9.17) is 15.2 Å². The number of ether oxygens (including phenoxy) is 2. The van der Waals surface area contributed by atoms with E-state index in [-0.39, 0.29) is 12.0 Å². The summed E-state index contributed by atoms with van der Waals surface area (Å²) in [5.74, 6) is 0.519. The number of hydrogen-bond donors (Lipinski definition) is 2. The zero-order valence-electron chi connectivity index (χ0n) is 11.1. The van der Waals surface area contributed by atoms with Crippen molar-refractivity contribution in [3.8, 4) is 5.75 Å². The number of rotatable bonds is 4. The van der Waals surface area contributed by atoms with E-state index < -0.39 is 0 Å². The van der Waals surface area contributed by atoms with Crippen molar-refractivity contribution in [1.82, 2.24) is 0 Å². The van der Waals surface area contributed by atoms with Crippen LogP contribution in [0.25, 0.3) is 0 Å². The second-order valence-corrected chi connectivity index (χ2v) is 4.70. The average molecular weight is 264 g/mol. The van der Waals surface area contributed by atoms with Crippen molar-refractivity contribution in [3.05, 3.63) is 18.2 Å². The molecule has 1 fully saturated rings. The van der Waals surface area contributed by atoms with Gasteiger partial charge in [-0.1, -0.05) is 0 Å². The fourth-order valence-corrected chi connectivity index (χ4v) is 2.18. The van der Waals surface area contributed by atoms with Crippen molar-refractivity contribution in [2.75, 3.05) is 24.8 Å². The largest absolute Gasteiger partial charge is 0.495 e. The number of nitrogen functional groups attached to an aromatic ring is 1. The highest BCUT2D eigenvalue weighted by Gasteiger charge is 2.17. The van der Waals surface area contributed by atoms with Gasteiger partial charge in [-0.25, -0.2) is 0 Å². The van der Waals surface area contributed by atoms with Gasteiger partial charge in [0, 0.05) is 18.4 Å². The summed E-state index contributed by atoms with van der Waals surface area (Å²) < 4.78 is 10.7. The summed E-state index contributed by atoms with van der Waals surface area (Å²) in [7, 11) is 1.55. The predicted octanol–water partition coefficient (Wildman–Crippen LogP) is 2.18. The van der Waals surface area contributed by atoms with Crippen molar-refractivity contribution < 1.29 is 14.3 Å². The summed E-state index contributed by atoms with van der Waals surface area (Å²) in [6.45, 7) is 0.758. The molecule has 0 spiro atoms. The molecule has 0 bridgehead atoms. The summed E-state index contributed by atoms with van der Waals surface area (Å²) in [6.07, 6.45) is 3.62. The van der Waals surface area contributed by atoms with Crippen LogP contribution in [-0.4, -0.2) is 25.7 Å². The lowest BCUT2D eigenvalue weighted by Crippen LogP contribution is -2.25. The Bertz CT molecular complexity index is 442. The zero-order chi connectivity index (χ0) is 13.7. The van der Waals surface area contributed by atoms with Crippen LogP contribution in [-0.2, 0) is 9.53 Å². The van der Waals surface area contributed by atoms with Crippen LogP contribution in [0.15, 0.2) is 18.2 Å². The van der Waals surface area contributed by atoms with Gasteiger partial charge in [0.05, 0.1) is 25.3 Å². The lowest BCUT2D eigenvalue weighted by molar-refractivity contribution is -0.119. The number of hydrogen-bond acceptors (Lipinski definition) is 4. The minimum atomic E-state index is -0.0428. The Morgan fingerprint density at radius 2 is 2.37 bits per heavy atom. The summed E-state index contributed by atoms with van der Waals surface area (Å²) in [5, 5.41) is 2.84. The molecule has 2 rings (SSSR count). The molecule has 1 aliphatic heterocycles. The fourth-order valence-electron chi connectivity index (χ4n) is 2.18. The van der Waals surface area contributed by atoms with Crippen LogP contribution in [0.5, 0.6) is 5.75 Å². The molecule has 1 saturated heterocycles. The molecule has 19 heavy (non-hydrogen) atoms. The lowest BCUT2D eigenvalue weighted by atomic mass is 10.1. The van der Waals surface area contributed by atoms with Crippen molar-refractivity contribution in [2.24, 2.45) is 0 Å². The minimum Gasteiger partial charge on any atom is -0.495 e. The van der Waals surface area contributed by atoms with Gasteiger partial charge in [0.15, 0.2) is 0 Å². The van der Waals surface area contributed by atoms with E-state index in [1.165, 1.54) is 0 Å². The van der Waals surface area contributed by atoms with Crippen LogP contribution in [0.1, 0.15) is 25.7 Å². The Morgan fingerprint density at radius 3 is 3.05 bits per heavy atom. The molecular weight excluding hydrogens is 244 g/mol. The molecule has 0 aromatic heterocycles. The van der Waals surface area contributed by atoms with Crippen molar-refractivity contribution in [2.45, 2.75) is 31.8 Å². The molecule has 1 aromatic carbocycles. The van der Waals surface area contributed by atoms with Gasteiger partial charge in [0.2, 0.25) is 5.91 Å². The quantitative estimate of drug-likeness (QED) is 0.817. The summed E-state index contributed by atoms with van der Waals surface area (Å²) in [6, 6.07) is 5.19. The van der Waals surface area contributed by atoms with Crippen LogP contribution in [0, 0.1) is 0 Å². The fraction of sp³-hybridized carbons (Fsp3) is 0.500. The highest BCUT2D eigenvalue weighted by atomic mass is 16.5. The third kappa shape index (κ3) is 3.86. The number of amides is 1. The number of methoxy groups -OCH3 is 1. The predicted molar refractivity (Wildman–Crippen MR) is 74.2 cm³/mol. The van der Waals surface area contributed by atoms with Crippen LogP contribution in [0.4, 0.5) is 11.4 Å². The van der Waals surface area contributed by atoms with Crippen molar-refractivity contribution >= 4 is 17.3 Å². The SMILES string of the molecule is COc1cc(NC(=O)CC2CCCCO2)ccc1N. The molecule has 1 aliphatic rings. The van der Waals surface area contributed by atoms with Gasteiger partial charge in [0.25, 0.3) is 0 Å². The van der Waals surface area contributed by atoms with Gasteiger partial charge in [-0.15, -0.1) is 0 Å². The second-order valence-electron chi connectivity index (χ2n) is 4.70. The number of benzene rings is 1. The first kappa shape index (κ1) is 13.7. The zero-order valence-corrected chi connectivity index (χ0v) is 11.1. The highest BCUT2D eigenvalue weighted by molar-refractivity contribution is 5.91. The first-order chi connectivity index (χ1) is 9.19. The molecule has 5 heteroatoms. The molecular formula is C14H20N2O3. The van der Waals surface area contributed by atoms with Gasteiger partial charge < -0.3 is 20.5 Å². The number of anilines is 2. The van der Waals surface area contributed by atoms with Gasteiger partial charge in [-0.2, -0.15) is 0 Å². The standard InChI is InChI=1S/C14H20N2O3/c1-18-13-8-10(5-6-12(13)15)16-14(17)9-11-4-2-3-7-19-11/h5-6,8,11H,2-4,7,9,15H2,1H3,(H,16,17). The number of carbonyl (C=O) groups is 1. The van der Waals surface area contributed by atoms with E-state index in [9.17, 15) is 4.79 Å². The van der Waals surface area contributed by atoms with E-state index in [2.05, 4.69) is 5.32 Å².